The van der Waals surface area contributed by atoms with Crippen molar-refractivity contribution in [2.75, 3.05) is 11.9 Å². The molecule has 0 N–H and O–H groups in total. The van der Waals surface area contributed by atoms with Crippen LogP contribution in [0.25, 0.3) is 0 Å². The fourth-order valence-electron chi connectivity index (χ4n) is 1.97. The summed E-state index contributed by atoms with van der Waals surface area (Å²) in [4.78, 5) is 6.14. The average molecular weight is 224 g/mol. The Hall–Kier alpha value is -2.29. The van der Waals surface area contributed by atoms with Gasteiger partial charge in [0.15, 0.2) is 11.5 Å². The molecular weight excluding hydrogens is 212 g/mol. The summed E-state index contributed by atoms with van der Waals surface area (Å²) in [7, 11) is 1.76. The van der Waals surface area contributed by atoms with Gasteiger partial charge in [-0.2, -0.15) is 0 Å². The highest BCUT2D eigenvalue weighted by atomic mass is 16.5. The Morgan fingerprint density at radius 3 is 2.00 bits per heavy atom. The molecule has 0 aromatic heterocycles. The summed E-state index contributed by atoms with van der Waals surface area (Å²) in [5.74, 6) is 1.71. The molecule has 1 aliphatic rings. The van der Waals surface area contributed by atoms with Gasteiger partial charge in [-0.3, -0.25) is 9.89 Å². The predicted octanol–water partition coefficient (Wildman–Crippen LogP) is 3.59. The second-order valence-corrected chi connectivity index (χ2v) is 3.78. The van der Waals surface area contributed by atoms with E-state index >= 15 is 0 Å². The maximum absolute atomic E-state index is 5.85. The van der Waals surface area contributed by atoms with Gasteiger partial charge in [0, 0.05) is 7.05 Å². The van der Waals surface area contributed by atoms with Crippen LogP contribution < -0.4 is 9.64 Å². The maximum atomic E-state index is 5.85. The van der Waals surface area contributed by atoms with Gasteiger partial charge in [0.1, 0.15) is 0 Å². The molecule has 0 fully saturated rings. The first kappa shape index (κ1) is 9.90. The van der Waals surface area contributed by atoms with Gasteiger partial charge in [0.25, 0.3) is 0 Å². The van der Waals surface area contributed by atoms with Crippen molar-refractivity contribution in [3.05, 3.63) is 48.5 Å². The molecule has 2 aromatic rings. The smallest absolute Gasteiger partial charge is 0.151 e. The van der Waals surface area contributed by atoms with E-state index in [0.29, 0.717) is 0 Å². The van der Waals surface area contributed by atoms with E-state index < -0.39 is 0 Å². The number of benzene rings is 2. The lowest BCUT2D eigenvalue weighted by Crippen LogP contribution is -2.19. The fraction of sp³-hybridized carbons (Fsp3) is 0.0714. The van der Waals surface area contributed by atoms with Crippen molar-refractivity contribution >= 4 is 17.7 Å². The van der Waals surface area contributed by atoms with Gasteiger partial charge in [-0.25, -0.2) is 0 Å². The third kappa shape index (κ3) is 1.56. The second-order valence-electron chi connectivity index (χ2n) is 3.78. The van der Waals surface area contributed by atoms with Crippen LogP contribution in [0.15, 0.2) is 53.5 Å². The zero-order chi connectivity index (χ0) is 11.7. The molecule has 0 bridgehead atoms. The molecule has 0 saturated carbocycles. The van der Waals surface area contributed by atoms with Gasteiger partial charge in [-0.05, 0) is 24.3 Å². The fourth-order valence-corrected chi connectivity index (χ4v) is 1.97. The van der Waals surface area contributed by atoms with Gasteiger partial charge < -0.3 is 4.74 Å². The first-order valence-electron chi connectivity index (χ1n) is 5.47. The van der Waals surface area contributed by atoms with E-state index in [0.717, 1.165) is 22.9 Å². The molecule has 3 heteroatoms. The van der Waals surface area contributed by atoms with Gasteiger partial charge in [0.2, 0.25) is 0 Å². The lowest BCUT2D eigenvalue weighted by molar-refractivity contribution is 0.478. The van der Waals surface area contributed by atoms with Crippen LogP contribution >= 0.6 is 0 Å². The number of ether oxygens (including phenoxy) is 1. The van der Waals surface area contributed by atoms with Crippen LogP contribution in [0.3, 0.4) is 0 Å². The average Bonchev–Trinajstić information content (AvgIpc) is 2.39. The summed E-state index contributed by atoms with van der Waals surface area (Å²) < 4.78 is 5.85. The molecule has 3 nitrogen and oxygen atoms in total. The van der Waals surface area contributed by atoms with Crippen molar-refractivity contribution < 1.29 is 4.74 Å². The number of rotatable bonds is 1. The third-order valence-electron chi connectivity index (χ3n) is 2.70. The van der Waals surface area contributed by atoms with Gasteiger partial charge in [0.05, 0.1) is 17.7 Å². The molecule has 1 aliphatic heterocycles. The number of aliphatic imine (C=N–C) groups is 1. The Morgan fingerprint density at radius 2 is 1.47 bits per heavy atom. The molecular formula is C14H12N2O. The summed E-state index contributed by atoms with van der Waals surface area (Å²) in [6.45, 7) is 0. The van der Waals surface area contributed by atoms with E-state index in [1.54, 1.807) is 13.4 Å². The van der Waals surface area contributed by atoms with Crippen molar-refractivity contribution in [2.45, 2.75) is 0 Å². The minimum absolute atomic E-state index is 0.853. The van der Waals surface area contributed by atoms with E-state index in [-0.39, 0.29) is 0 Å². The molecule has 0 aliphatic carbocycles. The number of fused-ring (bicyclic) bond motifs is 2. The number of hydrogen-bond donors (Lipinski definition) is 0. The van der Waals surface area contributed by atoms with E-state index in [4.69, 9.17) is 4.74 Å². The van der Waals surface area contributed by atoms with Crippen LogP contribution in [0.2, 0.25) is 0 Å². The zero-order valence-electron chi connectivity index (χ0n) is 9.50. The van der Waals surface area contributed by atoms with E-state index in [2.05, 4.69) is 4.99 Å². The molecule has 0 saturated heterocycles. The highest BCUT2D eigenvalue weighted by molar-refractivity contribution is 5.95. The second kappa shape index (κ2) is 3.94. The first-order valence-corrected chi connectivity index (χ1v) is 5.47. The molecule has 3 rings (SSSR count). The van der Waals surface area contributed by atoms with Crippen LogP contribution in [0, 0.1) is 0 Å². The normalized spacial score (nSPS) is 13.1. The van der Waals surface area contributed by atoms with Crippen molar-refractivity contribution in [1.82, 2.24) is 0 Å². The summed E-state index contributed by atoms with van der Waals surface area (Å²) >= 11 is 0. The van der Waals surface area contributed by atoms with E-state index in [1.165, 1.54) is 0 Å². The molecule has 2 aromatic carbocycles. The Kier molecular flexibility index (Phi) is 2.29. The van der Waals surface area contributed by atoms with Crippen molar-refractivity contribution in [3.63, 3.8) is 0 Å². The molecule has 84 valence electrons. The van der Waals surface area contributed by atoms with Gasteiger partial charge >= 0.3 is 0 Å². The molecule has 1 heterocycles. The zero-order valence-corrected chi connectivity index (χ0v) is 9.50. The first-order chi connectivity index (χ1) is 8.40. The molecule has 17 heavy (non-hydrogen) atoms. The van der Waals surface area contributed by atoms with Crippen molar-refractivity contribution in [2.24, 2.45) is 4.99 Å². The molecule has 0 amide bonds. The van der Waals surface area contributed by atoms with E-state index in [9.17, 15) is 0 Å². The van der Waals surface area contributed by atoms with E-state index in [1.807, 2.05) is 53.4 Å². The topological polar surface area (TPSA) is 24.8 Å². The lowest BCUT2D eigenvalue weighted by Gasteiger charge is -2.29. The summed E-state index contributed by atoms with van der Waals surface area (Å²) in [5, 5.41) is 0. The standard InChI is InChI=1S/C14H12N2O/c1-15-10-16-11-6-2-4-8-13(11)17-14-9-5-3-7-12(14)16/h2-10H,1H3. The van der Waals surface area contributed by atoms with Gasteiger partial charge in [-0.15, -0.1) is 0 Å². The Morgan fingerprint density at radius 1 is 0.941 bits per heavy atom. The Balaban J connectivity index is 2.20. The molecule has 0 radical (unpaired) electrons. The minimum Gasteiger partial charge on any atom is -0.453 e. The molecule has 0 spiro atoms. The Labute approximate surface area is 100.0 Å². The highest BCUT2D eigenvalue weighted by Crippen LogP contribution is 2.45. The monoisotopic (exact) mass is 224 g/mol. The summed E-state index contributed by atoms with van der Waals surface area (Å²) in [6, 6.07) is 15.9. The predicted molar refractivity (Wildman–Crippen MR) is 69.5 cm³/mol. The van der Waals surface area contributed by atoms with Crippen LogP contribution in [0.1, 0.15) is 0 Å². The number of hydrogen-bond acceptors (Lipinski definition) is 2. The minimum atomic E-state index is 0.853. The third-order valence-corrected chi connectivity index (χ3v) is 2.70. The van der Waals surface area contributed by atoms with Crippen molar-refractivity contribution in [1.29, 1.82) is 0 Å². The summed E-state index contributed by atoms with van der Waals surface area (Å²) in [6.07, 6.45) is 1.81. The van der Waals surface area contributed by atoms with Crippen LogP contribution in [0.4, 0.5) is 11.4 Å². The quantitative estimate of drug-likeness (QED) is 0.546. The lowest BCUT2D eigenvalue weighted by atomic mass is 10.2. The number of nitrogens with zero attached hydrogens (tertiary/aromatic N) is 2. The molecule has 0 atom stereocenters. The SMILES string of the molecule is CN=CN1c2ccccc2Oc2ccccc21. The Bertz CT molecular complexity index is 532. The maximum Gasteiger partial charge on any atom is 0.151 e. The molecule has 0 unspecified atom stereocenters. The number of para-hydroxylation sites is 4. The van der Waals surface area contributed by atoms with Crippen LogP contribution in [-0.4, -0.2) is 13.4 Å². The largest absolute Gasteiger partial charge is 0.453 e. The summed E-state index contributed by atoms with van der Waals surface area (Å²) in [5.41, 5.74) is 2.02. The van der Waals surface area contributed by atoms with Gasteiger partial charge in [-0.1, -0.05) is 24.3 Å². The number of anilines is 2. The highest BCUT2D eigenvalue weighted by Gasteiger charge is 2.21. The van der Waals surface area contributed by atoms with Crippen molar-refractivity contribution in [3.8, 4) is 11.5 Å². The van der Waals surface area contributed by atoms with Crippen LogP contribution in [0.5, 0.6) is 11.5 Å². The van der Waals surface area contributed by atoms with Crippen LogP contribution in [-0.2, 0) is 0 Å².